The van der Waals surface area contributed by atoms with Gasteiger partial charge in [-0.15, -0.1) is 0 Å². The zero-order valence-electron chi connectivity index (χ0n) is 14.9. The highest BCUT2D eigenvalue weighted by Gasteiger charge is 2.48. The molecular weight excluding hydrogens is 316 g/mol. The first-order valence-electron chi connectivity index (χ1n) is 9.11. The molecule has 3 rings (SSSR count). The smallest absolute Gasteiger partial charge is 0.276 e. The van der Waals surface area contributed by atoms with E-state index in [0.717, 1.165) is 24.8 Å². The van der Waals surface area contributed by atoms with Gasteiger partial charge in [0.25, 0.3) is 5.91 Å². The van der Waals surface area contributed by atoms with Crippen LogP contribution >= 0.6 is 0 Å². The number of hydrogen-bond donors (Lipinski definition) is 1. The van der Waals surface area contributed by atoms with Gasteiger partial charge in [-0.1, -0.05) is 55.8 Å². The van der Waals surface area contributed by atoms with Crippen LogP contribution < -0.4 is 0 Å². The van der Waals surface area contributed by atoms with Gasteiger partial charge in [-0.3, -0.25) is 4.79 Å². The van der Waals surface area contributed by atoms with E-state index in [9.17, 15) is 9.90 Å². The Bertz CT molecular complexity index is 686. The molecule has 1 aliphatic heterocycles. The second-order valence-electron chi connectivity index (χ2n) is 6.79. The summed E-state index contributed by atoms with van der Waals surface area (Å²) in [5.74, 6) is -0.119. The van der Waals surface area contributed by atoms with E-state index in [1.54, 1.807) is 6.07 Å². The zero-order chi connectivity index (χ0) is 17.9. The maximum absolute atomic E-state index is 12.8. The molecule has 3 atom stereocenters. The van der Waals surface area contributed by atoms with Crippen LogP contribution in [0.25, 0.3) is 0 Å². The van der Waals surface area contributed by atoms with Crippen LogP contribution in [-0.4, -0.2) is 33.7 Å². The molecule has 1 saturated heterocycles. The number of aromatic nitrogens is 1. The molecule has 0 unspecified atom stereocenters. The van der Waals surface area contributed by atoms with Gasteiger partial charge in [-0.25, -0.2) is 0 Å². The van der Waals surface area contributed by atoms with Crippen LogP contribution in [0, 0.1) is 5.92 Å². The van der Waals surface area contributed by atoms with Crippen LogP contribution in [0.1, 0.15) is 55.6 Å². The largest absolute Gasteiger partial charge is 0.385 e. The minimum Gasteiger partial charge on any atom is -0.385 e. The first kappa shape index (κ1) is 17.7. The molecule has 0 saturated carbocycles. The Balaban J connectivity index is 1.95. The van der Waals surface area contributed by atoms with Gasteiger partial charge in [0, 0.05) is 24.6 Å². The van der Waals surface area contributed by atoms with Crippen LogP contribution in [0.3, 0.4) is 0 Å². The van der Waals surface area contributed by atoms with Gasteiger partial charge in [0.2, 0.25) is 0 Å². The summed E-state index contributed by atoms with van der Waals surface area (Å²) in [5.41, 5.74) is 0.373. The van der Waals surface area contributed by atoms with Crippen molar-refractivity contribution in [2.75, 3.05) is 6.54 Å². The first-order chi connectivity index (χ1) is 12.1. The van der Waals surface area contributed by atoms with Crippen molar-refractivity contribution < 1.29 is 14.4 Å². The van der Waals surface area contributed by atoms with Crippen LogP contribution in [-0.2, 0) is 5.60 Å². The molecule has 5 heteroatoms. The number of rotatable bonds is 5. The van der Waals surface area contributed by atoms with Gasteiger partial charge in [-0.05, 0) is 24.8 Å². The predicted molar refractivity (Wildman–Crippen MR) is 95.0 cm³/mol. The van der Waals surface area contributed by atoms with Crippen LogP contribution in [0.15, 0.2) is 47.2 Å². The number of amides is 1. The van der Waals surface area contributed by atoms with E-state index in [1.807, 2.05) is 35.2 Å². The van der Waals surface area contributed by atoms with Gasteiger partial charge in [-0.2, -0.15) is 0 Å². The van der Waals surface area contributed by atoms with Crippen molar-refractivity contribution in [1.82, 2.24) is 10.1 Å². The normalized spacial score (nSPS) is 26.6. The molecule has 1 aromatic carbocycles. The molecule has 5 nitrogen and oxygen atoms in total. The molecule has 2 aromatic rings. The average molecular weight is 342 g/mol. The molecule has 0 radical (unpaired) electrons. The highest BCUT2D eigenvalue weighted by Crippen LogP contribution is 2.44. The van der Waals surface area contributed by atoms with Crippen molar-refractivity contribution in [1.29, 1.82) is 0 Å². The fourth-order valence-corrected chi connectivity index (χ4v) is 4.23. The van der Waals surface area contributed by atoms with Gasteiger partial charge in [0.1, 0.15) is 6.26 Å². The summed E-state index contributed by atoms with van der Waals surface area (Å²) in [6, 6.07) is 11.4. The molecule has 1 fully saturated rings. The lowest BCUT2D eigenvalue weighted by Gasteiger charge is -2.50. The van der Waals surface area contributed by atoms with E-state index in [1.165, 1.54) is 6.26 Å². The Kier molecular flexibility index (Phi) is 5.23. The number of nitrogens with zero attached hydrogens (tertiary/aromatic N) is 2. The third kappa shape index (κ3) is 3.21. The van der Waals surface area contributed by atoms with Gasteiger partial charge < -0.3 is 14.5 Å². The summed E-state index contributed by atoms with van der Waals surface area (Å²) in [4.78, 5) is 14.7. The Morgan fingerprint density at radius 2 is 2.08 bits per heavy atom. The highest BCUT2D eigenvalue weighted by atomic mass is 16.5. The van der Waals surface area contributed by atoms with Crippen molar-refractivity contribution in [2.24, 2.45) is 5.92 Å². The van der Waals surface area contributed by atoms with E-state index in [2.05, 4.69) is 19.0 Å². The van der Waals surface area contributed by atoms with Crippen LogP contribution in [0.2, 0.25) is 0 Å². The number of carbonyl (C=O) groups is 1. The van der Waals surface area contributed by atoms with Crippen LogP contribution in [0.4, 0.5) is 0 Å². The maximum Gasteiger partial charge on any atom is 0.276 e. The third-order valence-corrected chi connectivity index (χ3v) is 5.42. The molecule has 0 aliphatic carbocycles. The summed E-state index contributed by atoms with van der Waals surface area (Å²) in [6.45, 7) is 4.71. The molecule has 1 N–H and O–H groups in total. The lowest BCUT2D eigenvalue weighted by molar-refractivity contribution is -0.101. The second-order valence-corrected chi connectivity index (χ2v) is 6.79. The third-order valence-electron chi connectivity index (χ3n) is 5.42. The van der Waals surface area contributed by atoms with Crippen LogP contribution in [0.5, 0.6) is 0 Å². The van der Waals surface area contributed by atoms with E-state index in [-0.39, 0.29) is 17.9 Å². The van der Waals surface area contributed by atoms with Crippen molar-refractivity contribution in [2.45, 2.75) is 51.2 Å². The fraction of sp³-hybridized carbons (Fsp3) is 0.500. The van der Waals surface area contributed by atoms with E-state index in [4.69, 9.17) is 4.52 Å². The molecular formula is C20H26N2O3. The van der Waals surface area contributed by atoms with Gasteiger partial charge in [0.05, 0.1) is 5.60 Å². The van der Waals surface area contributed by atoms with E-state index in [0.29, 0.717) is 18.7 Å². The monoisotopic (exact) mass is 342 g/mol. The standard InChI is InChI=1S/C20H26N2O3/c1-3-8-16-18(4-2)22(19(23)17-11-14-25-21-17)13-12-20(16,24)15-9-6-5-7-10-15/h5-7,9-11,14,16,18,24H,3-4,8,12-13H2,1-2H3/t16-,18+,20-/m1/s1. The van der Waals surface area contributed by atoms with Crippen molar-refractivity contribution in [3.8, 4) is 0 Å². The SMILES string of the molecule is CCC[C@@H]1[C@H](CC)N(C(=O)c2ccon2)CC[C@@]1(O)c1ccccc1. The zero-order valence-corrected chi connectivity index (χ0v) is 14.9. The highest BCUT2D eigenvalue weighted by molar-refractivity contribution is 5.92. The molecule has 25 heavy (non-hydrogen) atoms. The summed E-state index contributed by atoms with van der Waals surface area (Å²) in [6.07, 6.45) is 4.57. The number of piperidine rings is 1. The minimum absolute atomic E-state index is 0.00509. The Morgan fingerprint density at radius 3 is 2.68 bits per heavy atom. The Hall–Kier alpha value is -2.14. The fourth-order valence-electron chi connectivity index (χ4n) is 4.23. The second kappa shape index (κ2) is 7.40. The molecule has 0 spiro atoms. The number of aliphatic hydroxyl groups is 1. The Labute approximate surface area is 148 Å². The van der Waals surface area contributed by atoms with Crippen molar-refractivity contribution in [3.05, 3.63) is 53.9 Å². The summed E-state index contributed by atoms with van der Waals surface area (Å²) in [7, 11) is 0. The summed E-state index contributed by atoms with van der Waals surface area (Å²) < 4.78 is 4.83. The lowest BCUT2D eigenvalue weighted by atomic mass is 9.69. The van der Waals surface area contributed by atoms with Crippen molar-refractivity contribution in [3.63, 3.8) is 0 Å². The Morgan fingerprint density at radius 1 is 1.32 bits per heavy atom. The topological polar surface area (TPSA) is 66.6 Å². The van der Waals surface area contributed by atoms with E-state index >= 15 is 0 Å². The molecule has 1 aromatic heterocycles. The summed E-state index contributed by atoms with van der Waals surface area (Å²) in [5, 5.41) is 15.4. The minimum atomic E-state index is -0.904. The number of carbonyl (C=O) groups excluding carboxylic acids is 1. The summed E-state index contributed by atoms with van der Waals surface area (Å²) >= 11 is 0. The molecule has 2 heterocycles. The number of benzene rings is 1. The predicted octanol–water partition coefficient (Wildman–Crippen LogP) is 3.60. The lowest BCUT2D eigenvalue weighted by Crippen LogP contribution is -2.57. The number of likely N-dealkylation sites (tertiary alicyclic amines) is 1. The first-order valence-corrected chi connectivity index (χ1v) is 9.11. The van der Waals surface area contributed by atoms with Crippen molar-refractivity contribution >= 4 is 5.91 Å². The molecule has 134 valence electrons. The average Bonchev–Trinajstić information content (AvgIpc) is 3.18. The van der Waals surface area contributed by atoms with Gasteiger partial charge >= 0.3 is 0 Å². The molecule has 1 amide bonds. The quantitative estimate of drug-likeness (QED) is 0.901. The molecule has 1 aliphatic rings. The maximum atomic E-state index is 12.8. The molecule has 0 bridgehead atoms. The van der Waals surface area contributed by atoms with E-state index < -0.39 is 5.60 Å². The number of hydrogen-bond acceptors (Lipinski definition) is 4. The van der Waals surface area contributed by atoms with Gasteiger partial charge in [0.15, 0.2) is 5.69 Å².